The third-order valence-electron chi connectivity index (χ3n) is 4.05. The van der Waals surface area contributed by atoms with E-state index >= 15 is 0 Å². The van der Waals surface area contributed by atoms with E-state index in [-0.39, 0.29) is 11.9 Å². The summed E-state index contributed by atoms with van der Waals surface area (Å²) in [6, 6.07) is 18.6. The number of benzene rings is 2. The fourth-order valence-corrected chi connectivity index (χ4v) is 2.89. The van der Waals surface area contributed by atoms with Crippen molar-refractivity contribution < 1.29 is 9.53 Å². The molecule has 0 bridgehead atoms. The Kier molecular flexibility index (Phi) is 4.81. The van der Waals surface area contributed by atoms with Gasteiger partial charge in [0.1, 0.15) is 12.4 Å². The number of ether oxygens (including phenoxy) is 1. The summed E-state index contributed by atoms with van der Waals surface area (Å²) >= 11 is 0. The molecular weight excluding hydrogens is 288 g/mol. The molecule has 2 aromatic carbocycles. The lowest BCUT2D eigenvalue weighted by Crippen LogP contribution is -2.35. The van der Waals surface area contributed by atoms with E-state index in [4.69, 9.17) is 4.74 Å². The minimum absolute atomic E-state index is 0.0431. The molecule has 1 unspecified atom stereocenters. The number of carbonyl (C=O) groups excluding carboxylic acids is 1. The van der Waals surface area contributed by atoms with Crippen LogP contribution in [0.1, 0.15) is 18.9 Å². The van der Waals surface area contributed by atoms with Crippen molar-refractivity contribution in [2.45, 2.75) is 26.0 Å². The first kappa shape index (κ1) is 15.4. The van der Waals surface area contributed by atoms with E-state index in [1.807, 2.05) is 30.3 Å². The fraction of sp³-hybridized carbons (Fsp3) is 0.316. The molecule has 4 heteroatoms. The third kappa shape index (κ3) is 4.25. The molecule has 1 aliphatic heterocycles. The Hall–Kier alpha value is -2.49. The van der Waals surface area contributed by atoms with Crippen molar-refractivity contribution in [2.24, 2.45) is 0 Å². The van der Waals surface area contributed by atoms with Crippen LogP contribution in [-0.4, -0.2) is 25.0 Å². The van der Waals surface area contributed by atoms with Gasteiger partial charge in [-0.25, -0.2) is 0 Å². The van der Waals surface area contributed by atoms with E-state index in [1.165, 1.54) is 5.69 Å². The Labute approximate surface area is 137 Å². The van der Waals surface area contributed by atoms with Crippen LogP contribution in [-0.2, 0) is 11.4 Å². The fourth-order valence-electron chi connectivity index (χ4n) is 2.89. The van der Waals surface area contributed by atoms with Gasteiger partial charge in [-0.3, -0.25) is 4.79 Å². The minimum Gasteiger partial charge on any atom is -0.489 e. The molecule has 1 heterocycles. The van der Waals surface area contributed by atoms with Crippen molar-refractivity contribution in [3.8, 4) is 5.75 Å². The summed E-state index contributed by atoms with van der Waals surface area (Å²) in [5, 5.41) is 2.99. The molecule has 1 atom stereocenters. The maximum Gasteiger partial charge on any atom is 0.217 e. The lowest BCUT2D eigenvalue weighted by atomic mass is 10.2. The molecule has 4 nitrogen and oxygen atoms in total. The molecular formula is C19H22N2O2. The van der Waals surface area contributed by atoms with Gasteiger partial charge in [-0.05, 0) is 36.2 Å². The van der Waals surface area contributed by atoms with Gasteiger partial charge in [0.05, 0.1) is 0 Å². The first-order valence-electron chi connectivity index (χ1n) is 7.99. The summed E-state index contributed by atoms with van der Waals surface area (Å²) in [6.07, 6.45) is 0.992. The Morgan fingerprint density at radius 3 is 2.61 bits per heavy atom. The Morgan fingerprint density at radius 1 is 1.17 bits per heavy atom. The smallest absolute Gasteiger partial charge is 0.217 e. The number of rotatable bonds is 5. The molecule has 1 saturated heterocycles. The molecule has 0 spiro atoms. The van der Waals surface area contributed by atoms with Gasteiger partial charge in [0.2, 0.25) is 5.91 Å². The zero-order valence-electron chi connectivity index (χ0n) is 13.4. The van der Waals surface area contributed by atoms with Crippen LogP contribution in [0.4, 0.5) is 5.69 Å². The predicted octanol–water partition coefficient (Wildman–Crippen LogP) is 2.98. The van der Waals surface area contributed by atoms with Gasteiger partial charge >= 0.3 is 0 Å². The third-order valence-corrected chi connectivity index (χ3v) is 4.05. The minimum atomic E-state index is 0.0431. The first-order valence-corrected chi connectivity index (χ1v) is 7.99. The predicted molar refractivity (Wildman–Crippen MR) is 91.7 cm³/mol. The van der Waals surface area contributed by atoms with Crippen LogP contribution in [0.25, 0.3) is 0 Å². The van der Waals surface area contributed by atoms with Crippen LogP contribution in [0.15, 0.2) is 54.6 Å². The van der Waals surface area contributed by atoms with Crippen LogP contribution < -0.4 is 15.0 Å². The first-order chi connectivity index (χ1) is 11.2. The zero-order chi connectivity index (χ0) is 16.1. The zero-order valence-corrected chi connectivity index (χ0v) is 13.4. The number of nitrogens with zero attached hydrogens (tertiary/aromatic N) is 1. The second-order valence-electron chi connectivity index (χ2n) is 5.90. The average Bonchev–Trinajstić information content (AvgIpc) is 3.02. The molecule has 120 valence electrons. The summed E-state index contributed by atoms with van der Waals surface area (Å²) in [6.45, 7) is 3.98. The number of amides is 1. The lowest BCUT2D eigenvalue weighted by Gasteiger charge is -2.19. The summed E-state index contributed by atoms with van der Waals surface area (Å²) < 4.78 is 5.81. The van der Waals surface area contributed by atoms with E-state index in [2.05, 4.69) is 34.5 Å². The van der Waals surface area contributed by atoms with Crippen molar-refractivity contribution in [3.05, 3.63) is 60.2 Å². The molecule has 2 aromatic rings. The molecule has 0 aliphatic carbocycles. The molecule has 0 aromatic heterocycles. The molecule has 3 rings (SSSR count). The number of carbonyl (C=O) groups is 1. The standard InChI is InChI=1S/C19H22N2O2/c1-15(22)20-17-11-12-21(13-17)18-7-9-19(10-8-18)23-14-16-5-3-2-4-6-16/h2-10,17H,11-14H2,1H3,(H,20,22). The molecule has 1 N–H and O–H groups in total. The van der Waals surface area contributed by atoms with Gasteiger partial charge in [0.25, 0.3) is 0 Å². The molecule has 0 radical (unpaired) electrons. The maximum absolute atomic E-state index is 11.1. The van der Waals surface area contributed by atoms with Crippen LogP contribution in [0.3, 0.4) is 0 Å². The van der Waals surface area contributed by atoms with Gasteiger partial charge in [-0.2, -0.15) is 0 Å². The molecule has 23 heavy (non-hydrogen) atoms. The quantitative estimate of drug-likeness (QED) is 0.923. The summed E-state index contributed by atoms with van der Waals surface area (Å²) in [5.41, 5.74) is 2.33. The number of hydrogen-bond acceptors (Lipinski definition) is 3. The van der Waals surface area contributed by atoms with Gasteiger partial charge < -0.3 is 15.0 Å². The van der Waals surface area contributed by atoms with E-state index < -0.39 is 0 Å². The van der Waals surface area contributed by atoms with Crippen molar-refractivity contribution in [1.29, 1.82) is 0 Å². The molecule has 1 aliphatic rings. The van der Waals surface area contributed by atoms with E-state index in [9.17, 15) is 4.79 Å². The number of nitrogens with one attached hydrogen (secondary N) is 1. The molecule has 1 amide bonds. The summed E-state index contributed by atoms with van der Waals surface area (Å²) in [7, 11) is 0. The van der Waals surface area contributed by atoms with Crippen LogP contribution in [0.5, 0.6) is 5.75 Å². The van der Waals surface area contributed by atoms with E-state index in [0.29, 0.717) is 6.61 Å². The average molecular weight is 310 g/mol. The van der Waals surface area contributed by atoms with Gasteiger partial charge in [0.15, 0.2) is 0 Å². The summed E-state index contributed by atoms with van der Waals surface area (Å²) in [4.78, 5) is 13.4. The highest BCUT2D eigenvalue weighted by atomic mass is 16.5. The summed E-state index contributed by atoms with van der Waals surface area (Å²) in [5.74, 6) is 0.914. The highest BCUT2D eigenvalue weighted by molar-refractivity contribution is 5.73. The highest BCUT2D eigenvalue weighted by Gasteiger charge is 2.23. The second-order valence-corrected chi connectivity index (χ2v) is 5.90. The van der Waals surface area contributed by atoms with Gasteiger partial charge in [0, 0.05) is 31.7 Å². The number of hydrogen-bond donors (Lipinski definition) is 1. The monoisotopic (exact) mass is 310 g/mol. The van der Waals surface area contributed by atoms with Gasteiger partial charge in [-0.15, -0.1) is 0 Å². The topological polar surface area (TPSA) is 41.6 Å². The number of anilines is 1. The van der Waals surface area contributed by atoms with Crippen LogP contribution in [0.2, 0.25) is 0 Å². The Morgan fingerprint density at radius 2 is 1.91 bits per heavy atom. The van der Waals surface area contributed by atoms with Crippen LogP contribution in [0, 0.1) is 0 Å². The maximum atomic E-state index is 11.1. The highest BCUT2D eigenvalue weighted by Crippen LogP contribution is 2.23. The van der Waals surface area contributed by atoms with E-state index in [1.54, 1.807) is 6.92 Å². The SMILES string of the molecule is CC(=O)NC1CCN(c2ccc(OCc3ccccc3)cc2)C1. The Balaban J connectivity index is 1.54. The molecule has 0 saturated carbocycles. The Bertz CT molecular complexity index is 640. The molecule has 1 fully saturated rings. The van der Waals surface area contributed by atoms with Crippen molar-refractivity contribution in [1.82, 2.24) is 5.32 Å². The van der Waals surface area contributed by atoms with Gasteiger partial charge in [-0.1, -0.05) is 30.3 Å². The van der Waals surface area contributed by atoms with Crippen LogP contribution >= 0.6 is 0 Å². The second kappa shape index (κ2) is 7.18. The van der Waals surface area contributed by atoms with E-state index in [0.717, 1.165) is 30.8 Å². The largest absolute Gasteiger partial charge is 0.489 e. The van der Waals surface area contributed by atoms with Crippen molar-refractivity contribution in [2.75, 3.05) is 18.0 Å². The van der Waals surface area contributed by atoms with Crippen molar-refractivity contribution >= 4 is 11.6 Å². The van der Waals surface area contributed by atoms with Crippen molar-refractivity contribution in [3.63, 3.8) is 0 Å². The normalized spacial score (nSPS) is 17.1. The lowest BCUT2D eigenvalue weighted by molar-refractivity contribution is -0.119.